The number of ketones is 1. The van der Waals surface area contributed by atoms with Gasteiger partial charge in [-0.15, -0.1) is 0 Å². The van der Waals surface area contributed by atoms with Gasteiger partial charge in [0.1, 0.15) is 18.4 Å². The second kappa shape index (κ2) is 5.18. The molecule has 25 heavy (non-hydrogen) atoms. The van der Waals surface area contributed by atoms with Crippen molar-refractivity contribution in [3.05, 3.63) is 23.5 Å². The number of imide groups is 1. The molecule has 4 heterocycles. The van der Waals surface area contributed by atoms with Gasteiger partial charge in [0.2, 0.25) is 0 Å². The number of nitriles is 1. The molecule has 3 amide bonds. The maximum absolute atomic E-state index is 13.3. The van der Waals surface area contributed by atoms with E-state index < -0.39 is 12.1 Å². The Labute approximate surface area is 144 Å². The van der Waals surface area contributed by atoms with E-state index in [2.05, 4.69) is 4.98 Å². The van der Waals surface area contributed by atoms with Gasteiger partial charge in [-0.25, -0.2) is 19.2 Å². The molecule has 4 rings (SSSR count). The van der Waals surface area contributed by atoms with Crippen LogP contribution >= 0.6 is 0 Å². The van der Waals surface area contributed by atoms with Crippen LogP contribution in [-0.2, 0) is 9.59 Å². The number of pyridine rings is 1. The molecule has 0 aromatic carbocycles. The highest BCUT2D eigenvalue weighted by molar-refractivity contribution is 6.18. The van der Waals surface area contributed by atoms with E-state index in [1.165, 1.54) is 6.20 Å². The number of hydrogen-bond donors (Lipinski definition) is 0. The topological polar surface area (TPSA) is 94.4 Å². The predicted octanol–water partition coefficient (Wildman–Crippen LogP) is 0.548. The van der Waals surface area contributed by atoms with Crippen molar-refractivity contribution in [2.45, 2.75) is 32.4 Å². The van der Waals surface area contributed by atoms with Crippen LogP contribution in [0.15, 0.2) is 12.3 Å². The summed E-state index contributed by atoms with van der Waals surface area (Å²) in [5.41, 5.74) is 1.24. The fourth-order valence-corrected chi connectivity index (χ4v) is 4.38. The zero-order valence-corrected chi connectivity index (χ0v) is 14.1. The molecular formula is C17H18N5O3+. The second-order valence-corrected chi connectivity index (χ2v) is 6.89. The van der Waals surface area contributed by atoms with Crippen LogP contribution in [0.25, 0.3) is 0 Å². The van der Waals surface area contributed by atoms with Crippen molar-refractivity contribution in [1.29, 1.82) is 5.26 Å². The molecule has 1 spiro atoms. The minimum Gasteiger partial charge on any atom is -0.293 e. The summed E-state index contributed by atoms with van der Waals surface area (Å²) in [6, 6.07) is 2.25. The highest BCUT2D eigenvalue weighted by Crippen LogP contribution is 2.43. The van der Waals surface area contributed by atoms with Gasteiger partial charge in [-0.2, -0.15) is 10.2 Å². The van der Waals surface area contributed by atoms with Crippen LogP contribution in [0.2, 0.25) is 0 Å². The Kier molecular flexibility index (Phi) is 3.29. The standard InChI is InChI=1S/C17H18N5O3/c1-3-15(23)13-7-20-8-14-16(24)21(17(25)22(13,14)9-20)11-4-10(2)12(5-18)19-6-11/h4,6,13-14H,3,7-9H2,1-2H3/q+1. The smallest absolute Gasteiger partial charge is 0.293 e. The summed E-state index contributed by atoms with van der Waals surface area (Å²) in [5.74, 6) is -0.267. The number of fused-ring (bicyclic) bond motifs is 1. The Morgan fingerprint density at radius 3 is 2.84 bits per heavy atom. The molecule has 4 unspecified atom stereocenters. The Morgan fingerprint density at radius 2 is 2.20 bits per heavy atom. The van der Waals surface area contributed by atoms with E-state index in [1.807, 2.05) is 11.0 Å². The third kappa shape index (κ3) is 1.88. The Hall–Kier alpha value is -2.63. The van der Waals surface area contributed by atoms with E-state index in [4.69, 9.17) is 5.26 Å². The third-order valence-corrected chi connectivity index (χ3v) is 5.61. The van der Waals surface area contributed by atoms with Crippen LogP contribution in [0.5, 0.6) is 0 Å². The minimum atomic E-state index is -0.530. The maximum Gasteiger partial charge on any atom is 0.433 e. The van der Waals surface area contributed by atoms with Gasteiger partial charge < -0.3 is 0 Å². The van der Waals surface area contributed by atoms with E-state index in [-0.39, 0.29) is 27.9 Å². The molecule has 8 heteroatoms. The summed E-state index contributed by atoms with van der Waals surface area (Å²) in [6.07, 6.45) is 1.73. The van der Waals surface area contributed by atoms with Crippen LogP contribution in [0, 0.1) is 18.3 Å². The molecule has 2 bridgehead atoms. The van der Waals surface area contributed by atoms with Gasteiger partial charge in [0.25, 0.3) is 5.91 Å². The van der Waals surface area contributed by atoms with Crippen molar-refractivity contribution in [1.82, 2.24) is 9.88 Å². The molecule has 3 fully saturated rings. The molecule has 0 aliphatic carbocycles. The second-order valence-electron chi connectivity index (χ2n) is 6.89. The van der Waals surface area contributed by atoms with E-state index in [9.17, 15) is 14.4 Å². The first-order chi connectivity index (χ1) is 11.9. The SMILES string of the molecule is CCC(=O)C1CN2CC3C(=O)N(c4cnc(C#N)c(C)c4)C(=O)[N+]13C2. The van der Waals surface area contributed by atoms with E-state index in [1.54, 1.807) is 19.9 Å². The van der Waals surface area contributed by atoms with Crippen LogP contribution in [0.1, 0.15) is 24.6 Å². The third-order valence-electron chi connectivity index (χ3n) is 5.61. The lowest BCUT2D eigenvalue weighted by atomic mass is 10.0. The Morgan fingerprint density at radius 1 is 1.44 bits per heavy atom. The monoisotopic (exact) mass is 340 g/mol. The van der Waals surface area contributed by atoms with Gasteiger partial charge in [-0.3, -0.25) is 9.59 Å². The number of hydrogen-bond acceptors (Lipinski definition) is 6. The van der Waals surface area contributed by atoms with Crippen molar-refractivity contribution in [2.75, 3.05) is 24.7 Å². The molecule has 3 aliphatic rings. The van der Waals surface area contributed by atoms with Crippen LogP contribution in [-0.4, -0.2) is 63.9 Å². The first-order valence-corrected chi connectivity index (χ1v) is 8.31. The van der Waals surface area contributed by atoms with Gasteiger partial charge in [-0.05, 0) is 18.6 Å². The molecule has 3 aliphatic heterocycles. The van der Waals surface area contributed by atoms with Crippen LogP contribution in [0.3, 0.4) is 0 Å². The quantitative estimate of drug-likeness (QED) is 0.589. The Balaban J connectivity index is 1.78. The number of aromatic nitrogens is 1. The zero-order chi connectivity index (χ0) is 17.9. The molecule has 1 aromatic heterocycles. The van der Waals surface area contributed by atoms with E-state index >= 15 is 0 Å². The first kappa shape index (κ1) is 15.9. The van der Waals surface area contributed by atoms with Gasteiger partial charge in [-0.1, -0.05) is 6.92 Å². The minimum absolute atomic E-state index is 0.0179. The van der Waals surface area contributed by atoms with E-state index in [0.717, 1.165) is 4.90 Å². The van der Waals surface area contributed by atoms with Gasteiger partial charge in [0.15, 0.2) is 17.9 Å². The molecule has 0 saturated carbocycles. The number of rotatable bonds is 3. The molecular weight excluding hydrogens is 322 g/mol. The molecule has 8 nitrogen and oxygen atoms in total. The molecule has 0 radical (unpaired) electrons. The summed E-state index contributed by atoms with van der Waals surface area (Å²) in [6.45, 7) is 4.93. The molecule has 3 saturated heterocycles. The molecule has 128 valence electrons. The number of nitrogens with zero attached hydrogens (tertiary/aromatic N) is 5. The lowest BCUT2D eigenvalue weighted by Crippen LogP contribution is -2.62. The average Bonchev–Trinajstić information content (AvgIpc) is 3.23. The summed E-state index contributed by atoms with van der Waals surface area (Å²) < 4.78 is -0.107. The highest BCUT2D eigenvalue weighted by atomic mass is 16.2. The molecule has 0 N–H and O–H groups in total. The fraction of sp³-hybridized carbons (Fsp3) is 0.471. The van der Waals surface area contributed by atoms with Gasteiger partial charge in [0, 0.05) is 6.42 Å². The zero-order valence-electron chi connectivity index (χ0n) is 14.1. The van der Waals surface area contributed by atoms with Crippen LogP contribution in [0.4, 0.5) is 10.5 Å². The first-order valence-electron chi connectivity index (χ1n) is 8.31. The number of carbonyl (C=O) groups excluding carboxylic acids is 3. The highest BCUT2D eigenvalue weighted by Gasteiger charge is 2.73. The van der Waals surface area contributed by atoms with Crippen molar-refractivity contribution < 1.29 is 18.9 Å². The largest absolute Gasteiger partial charge is 0.433 e. The normalized spacial score (nSPS) is 32.8. The number of quaternary nitrogens is 1. The van der Waals surface area contributed by atoms with Crippen molar-refractivity contribution in [3.8, 4) is 6.07 Å². The summed E-state index contributed by atoms with van der Waals surface area (Å²) in [4.78, 5) is 45.9. The number of anilines is 1. The average molecular weight is 340 g/mol. The van der Waals surface area contributed by atoms with Crippen molar-refractivity contribution in [2.24, 2.45) is 0 Å². The summed E-state index contributed by atoms with van der Waals surface area (Å²) >= 11 is 0. The van der Waals surface area contributed by atoms with Gasteiger partial charge in [0.05, 0.1) is 25.0 Å². The fourth-order valence-electron chi connectivity index (χ4n) is 4.38. The van der Waals surface area contributed by atoms with Crippen molar-refractivity contribution >= 4 is 23.4 Å². The van der Waals surface area contributed by atoms with Crippen LogP contribution < -0.4 is 4.90 Å². The van der Waals surface area contributed by atoms with Crippen molar-refractivity contribution in [3.63, 3.8) is 0 Å². The Bertz CT molecular complexity index is 860. The number of carbonyl (C=O) groups is 3. The number of urea groups is 1. The van der Waals surface area contributed by atoms with E-state index in [0.29, 0.717) is 37.4 Å². The number of amides is 3. The number of piperazine rings is 1. The summed E-state index contributed by atoms with van der Waals surface area (Å²) in [5, 5.41) is 9.01. The lowest BCUT2D eigenvalue weighted by Gasteiger charge is -2.32. The lowest BCUT2D eigenvalue weighted by molar-refractivity contribution is -0.852. The summed E-state index contributed by atoms with van der Waals surface area (Å²) in [7, 11) is 0. The predicted molar refractivity (Wildman–Crippen MR) is 86.1 cm³/mol. The number of Topliss-reactive ketones (excluding diaryl/α,β-unsaturated/α-hetero) is 1. The van der Waals surface area contributed by atoms with Gasteiger partial charge >= 0.3 is 6.03 Å². The maximum atomic E-state index is 13.3. The molecule has 1 aromatic rings. The molecule has 4 atom stereocenters. The number of aryl methyl sites for hydroxylation is 1.